The van der Waals surface area contributed by atoms with Gasteiger partial charge in [-0.2, -0.15) is 0 Å². The van der Waals surface area contributed by atoms with Crippen LogP contribution in [0.3, 0.4) is 0 Å². The summed E-state index contributed by atoms with van der Waals surface area (Å²) in [4.78, 5) is 7.67. The van der Waals surface area contributed by atoms with Crippen LogP contribution in [-0.2, 0) is 0 Å². The van der Waals surface area contributed by atoms with Gasteiger partial charge in [0.05, 0.1) is 17.1 Å². The fourth-order valence-corrected chi connectivity index (χ4v) is 26.7. The molecule has 0 N–H and O–H groups in total. The first-order valence-electron chi connectivity index (χ1n) is 35.6. The molecule has 16 aromatic rings. The summed E-state index contributed by atoms with van der Waals surface area (Å²) < 4.78 is 6.66. The lowest BCUT2D eigenvalue weighted by molar-refractivity contribution is 0.477. The number of nitrogens with zero attached hydrogens (tertiary/aromatic N) is 3. The van der Waals surface area contributed by atoms with Gasteiger partial charge < -0.3 is 19.4 Å². The Balaban J connectivity index is 0.949. The minimum absolute atomic E-state index is 0.255. The van der Waals surface area contributed by atoms with Gasteiger partial charge in [-0.15, -0.1) is 0 Å². The Bertz CT molecular complexity index is 5580. The van der Waals surface area contributed by atoms with Crippen molar-refractivity contribution < 1.29 is 4.74 Å². The van der Waals surface area contributed by atoms with Crippen LogP contribution in [0.25, 0.3) is 33.4 Å². The summed E-state index contributed by atoms with van der Waals surface area (Å²) >= 11 is 0. The lowest BCUT2D eigenvalue weighted by Crippen LogP contribution is -2.75. The van der Waals surface area contributed by atoms with Crippen LogP contribution in [-0.4, -0.2) is 22.9 Å². The first kappa shape index (κ1) is 61.3. The van der Waals surface area contributed by atoms with Crippen molar-refractivity contribution >= 4 is 132 Å². The van der Waals surface area contributed by atoms with Crippen LogP contribution in [0, 0.1) is 0 Å². The molecule has 0 radical (unpaired) electrons. The summed E-state index contributed by atoms with van der Waals surface area (Å²) in [6, 6.07) is 155. The van der Waals surface area contributed by atoms with Crippen LogP contribution in [0.1, 0.15) is 0 Å². The Labute approximate surface area is 604 Å². The van der Waals surface area contributed by atoms with Gasteiger partial charge in [-0.25, -0.2) is 0 Å². The highest BCUT2D eigenvalue weighted by Crippen LogP contribution is 2.53. The van der Waals surface area contributed by atoms with Gasteiger partial charge in [0.25, 0.3) is 6.71 Å². The molecule has 0 fully saturated rings. The summed E-state index contributed by atoms with van der Waals surface area (Å²) in [5, 5.41) is 10.5. The third kappa shape index (κ3) is 10.1. The molecule has 0 saturated carbocycles. The molecular weight excluding hydrogens is 1280 g/mol. The quantitative estimate of drug-likeness (QED) is 0.0798. The largest absolute Gasteiger partial charge is 0.453 e. The van der Waals surface area contributed by atoms with E-state index in [4.69, 9.17) is 4.74 Å². The fourth-order valence-electron chi connectivity index (χ4n) is 17.2. The number of rotatable bonds is 14. The molecule has 7 heteroatoms. The van der Waals surface area contributed by atoms with E-state index in [1.807, 2.05) is 0 Å². The minimum Gasteiger partial charge on any atom is -0.453 e. The zero-order valence-electron chi connectivity index (χ0n) is 56.6. The molecule has 4 nitrogen and oxygen atoms in total. The molecule has 0 aromatic heterocycles. The molecule has 0 aliphatic carbocycles. The number of para-hydroxylation sites is 5. The zero-order chi connectivity index (χ0) is 68.3. The predicted molar refractivity (Wildman–Crippen MR) is 439 cm³/mol. The molecule has 0 saturated heterocycles. The summed E-state index contributed by atoms with van der Waals surface area (Å²) in [7, 11) is -6.24. The van der Waals surface area contributed by atoms with Gasteiger partial charge in [0.1, 0.15) is 0 Å². The molecular formula is C96H68BN3OSi2. The van der Waals surface area contributed by atoms with E-state index in [0.717, 1.165) is 84.9 Å². The van der Waals surface area contributed by atoms with Gasteiger partial charge in [0.2, 0.25) is 0 Å². The molecule has 0 amide bonds. The highest BCUT2D eigenvalue weighted by Gasteiger charge is 2.49. The van der Waals surface area contributed by atoms with E-state index in [1.54, 1.807) is 0 Å². The average molecular weight is 1350 g/mol. The van der Waals surface area contributed by atoms with Crippen molar-refractivity contribution in [3.05, 3.63) is 413 Å². The monoisotopic (exact) mass is 1350 g/mol. The first-order valence-corrected chi connectivity index (χ1v) is 39.6. The van der Waals surface area contributed by atoms with E-state index in [1.165, 1.54) is 69.0 Å². The number of benzene rings is 16. The number of anilines is 9. The fraction of sp³-hybridized carbons (Fsp3) is 0. The highest BCUT2D eigenvalue weighted by atomic mass is 28.3. The molecule has 484 valence electrons. The van der Waals surface area contributed by atoms with Gasteiger partial charge in [-0.1, -0.05) is 334 Å². The molecule has 0 atom stereocenters. The number of ether oxygens (including phenoxy) is 1. The van der Waals surface area contributed by atoms with Crippen molar-refractivity contribution in [2.75, 3.05) is 14.7 Å². The van der Waals surface area contributed by atoms with Crippen molar-refractivity contribution in [2.24, 2.45) is 0 Å². The normalized spacial score (nSPS) is 12.7. The van der Waals surface area contributed by atoms with E-state index >= 15 is 0 Å². The Kier molecular flexibility index (Phi) is 15.3. The van der Waals surface area contributed by atoms with E-state index in [9.17, 15) is 0 Å². The standard InChI is InChI=1S/C96H68BN3OSi2/c1-9-34-69(35-10-1)83-54-25-26-56-86(83)100-90-68-82(103(78-47-19-6-20-48-78,79-49-21-7-22-50-79)80-51-23-8-24-52-80)62-63-85(90)97-95-84(70-36-11-2-12-37-70)55-33-59-89(95)99(74-40-32-53-81(67-74)102(75-41-13-3-14-42-75,76-43-15-4-16-44-76)77-45-17-5-18-46-77)91-65-72(66-92(100)96(91)97)71-38-31-39-73(64-71)98-87-57-27-29-60-93(87)101-94-61-30-28-58-88(94)98/h1-68H. The van der Waals surface area contributed by atoms with Crippen molar-refractivity contribution in [1.29, 1.82) is 0 Å². The predicted octanol–water partition coefficient (Wildman–Crippen LogP) is 17.1. The highest BCUT2D eigenvalue weighted by molar-refractivity contribution is 7.20. The third-order valence-electron chi connectivity index (χ3n) is 21.5. The molecule has 103 heavy (non-hydrogen) atoms. The lowest BCUT2D eigenvalue weighted by Gasteiger charge is -2.46. The van der Waals surface area contributed by atoms with Crippen molar-refractivity contribution in [2.45, 2.75) is 0 Å². The molecule has 3 aliphatic heterocycles. The van der Waals surface area contributed by atoms with E-state index in [2.05, 4.69) is 427 Å². The molecule has 19 rings (SSSR count). The number of fused-ring (bicyclic) bond motifs is 6. The van der Waals surface area contributed by atoms with Gasteiger partial charge in [0, 0.05) is 39.7 Å². The maximum absolute atomic E-state index is 6.66. The second-order valence-electron chi connectivity index (χ2n) is 27.0. The maximum Gasteiger partial charge on any atom is 0.252 e. The molecule has 3 heterocycles. The number of hydrogen-bond acceptors (Lipinski definition) is 4. The Morgan fingerprint density at radius 1 is 0.204 bits per heavy atom. The molecule has 0 spiro atoms. The number of hydrogen-bond donors (Lipinski definition) is 0. The maximum atomic E-state index is 6.66. The van der Waals surface area contributed by atoms with Crippen molar-refractivity contribution in [3.63, 3.8) is 0 Å². The van der Waals surface area contributed by atoms with Crippen LogP contribution in [0.5, 0.6) is 11.5 Å². The van der Waals surface area contributed by atoms with Gasteiger partial charge >= 0.3 is 0 Å². The molecule has 16 aromatic carbocycles. The third-order valence-corrected chi connectivity index (χ3v) is 31.0. The van der Waals surface area contributed by atoms with E-state index < -0.39 is 16.1 Å². The summed E-state index contributed by atoms with van der Waals surface area (Å²) in [5.41, 5.74) is 20.2. The second-order valence-corrected chi connectivity index (χ2v) is 34.6. The SMILES string of the molecule is c1ccc(-c2ccccc2N2c3cc([Si](c4ccccc4)(c4ccccc4)c4ccccc4)ccc3B3c4c(-c5ccccc5)cccc4N(c4cccc([Si](c5ccccc5)(c5ccccc5)c5ccccc5)c4)c4cc(-c5cccc(N6c7ccccc7Oc7ccccc76)c5)cc2c43)cc1. The van der Waals surface area contributed by atoms with Gasteiger partial charge in [0.15, 0.2) is 27.6 Å². The Hall–Kier alpha value is -12.8. The lowest BCUT2D eigenvalue weighted by atomic mass is 9.32. The van der Waals surface area contributed by atoms with Crippen LogP contribution < -0.4 is 77.3 Å². The second kappa shape index (κ2) is 25.7. The van der Waals surface area contributed by atoms with Crippen LogP contribution in [0.15, 0.2) is 413 Å². The first-order chi connectivity index (χ1) is 51.1. The van der Waals surface area contributed by atoms with E-state index in [0.29, 0.717) is 0 Å². The minimum atomic E-state index is -3.16. The summed E-state index contributed by atoms with van der Waals surface area (Å²) in [6.07, 6.45) is 0. The zero-order valence-corrected chi connectivity index (χ0v) is 58.6. The average Bonchev–Trinajstić information content (AvgIpc) is 0.681. The van der Waals surface area contributed by atoms with Crippen LogP contribution >= 0.6 is 0 Å². The van der Waals surface area contributed by atoms with Gasteiger partial charge in [-0.3, -0.25) is 0 Å². The van der Waals surface area contributed by atoms with Crippen LogP contribution in [0.4, 0.5) is 51.2 Å². The molecule has 3 aliphatic rings. The summed E-state index contributed by atoms with van der Waals surface area (Å²) in [6.45, 7) is -0.255. The molecule has 0 bridgehead atoms. The van der Waals surface area contributed by atoms with Crippen LogP contribution in [0.2, 0.25) is 0 Å². The smallest absolute Gasteiger partial charge is 0.252 e. The molecule has 0 unspecified atom stereocenters. The topological polar surface area (TPSA) is 19.0 Å². The Morgan fingerprint density at radius 3 is 1.08 bits per heavy atom. The summed E-state index contributed by atoms with van der Waals surface area (Å²) in [5.74, 6) is 1.62. The Morgan fingerprint density at radius 2 is 0.563 bits per heavy atom. The van der Waals surface area contributed by atoms with Crippen molar-refractivity contribution in [1.82, 2.24) is 0 Å². The van der Waals surface area contributed by atoms with E-state index in [-0.39, 0.29) is 6.71 Å². The van der Waals surface area contributed by atoms with Crippen molar-refractivity contribution in [3.8, 4) is 44.9 Å². The van der Waals surface area contributed by atoms with Gasteiger partial charge in [-0.05, 0) is 165 Å².